The van der Waals surface area contributed by atoms with Crippen LogP contribution in [-0.2, 0) is 0 Å². The van der Waals surface area contributed by atoms with Crippen LogP contribution in [0.15, 0.2) is 12.1 Å². The fourth-order valence-electron chi connectivity index (χ4n) is 1.35. The number of rotatable bonds is 2. The van der Waals surface area contributed by atoms with Gasteiger partial charge in [-0.05, 0) is 18.6 Å². The van der Waals surface area contributed by atoms with Gasteiger partial charge in [0.15, 0.2) is 6.10 Å². The van der Waals surface area contributed by atoms with Gasteiger partial charge in [-0.2, -0.15) is 13.2 Å². The first-order chi connectivity index (χ1) is 7.66. The summed E-state index contributed by atoms with van der Waals surface area (Å²) in [5.74, 6) is -0.976. The highest BCUT2D eigenvalue weighted by Gasteiger charge is 2.44. The summed E-state index contributed by atoms with van der Waals surface area (Å²) in [7, 11) is 0. The average molecular weight is 272 g/mol. The van der Waals surface area contributed by atoms with Crippen LogP contribution in [0.25, 0.3) is 0 Å². The van der Waals surface area contributed by atoms with Crippen LogP contribution in [0.2, 0.25) is 5.02 Å². The van der Waals surface area contributed by atoms with Crippen molar-refractivity contribution in [2.75, 3.05) is 0 Å². The summed E-state index contributed by atoms with van der Waals surface area (Å²) >= 11 is 5.69. The van der Waals surface area contributed by atoms with Crippen molar-refractivity contribution in [3.8, 4) is 0 Å². The molecule has 0 spiro atoms. The minimum Gasteiger partial charge on any atom is -0.382 e. The molecule has 17 heavy (non-hydrogen) atoms. The molecule has 0 bridgehead atoms. The molecular weight excluding hydrogens is 262 g/mol. The second-order valence-electron chi connectivity index (χ2n) is 3.60. The van der Waals surface area contributed by atoms with Gasteiger partial charge in [0.05, 0.1) is 11.1 Å². The highest BCUT2D eigenvalue weighted by atomic mass is 35.5. The van der Waals surface area contributed by atoms with E-state index in [1.165, 1.54) is 13.0 Å². The molecule has 0 aliphatic carbocycles. The third-order valence-corrected chi connectivity index (χ3v) is 2.83. The lowest BCUT2D eigenvalue weighted by Gasteiger charge is -2.23. The second kappa shape index (κ2) is 4.80. The molecule has 1 rings (SSSR count). The van der Waals surface area contributed by atoms with Crippen LogP contribution in [0.1, 0.15) is 17.2 Å². The number of halogens is 5. The molecule has 0 amide bonds. The van der Waals surface area contributed by atoms with E-state index in [0.29, 0.717) is 5.56 Å². The van der Waals surface area contributed by atoms with Gasteiger partial charge < -0.3 is 10.8 Å². The van der Waals surface area contributed by atoms with Gasteiger partial charge in [-0.3, -0.25) is 0 Å². The number of nitrogens with two attached hydrogens (primary N) is 1. The van der Waals surface area contributed by atoms with E-state index >= 15 is 0 Å². The molecule has 7 heteroatoms. The number of alkyl halides is 3. The molecule has 96 valence electrons. The van der Waals surface area contributed by atoms with Gasteiger partial charge >= 0.3 is 6.18 Å². The van der Waals surface area contributed by atoms with E-state index in [-0.39, 0.29) is 5.02 Å². The van der Waals surface area contributed by atoms with Crippen molar-refractivity contribution in [2.45, 2.75) is 25.2 Å². The second-order valence-corrected chi connectivity index (χ2v) is 3.98. The maximum Gasteiger partial charge on any atom is 0.416 e. The van der Waals surface area contributed by atoms with Crippen molar-refractivity contribution in [3.05, 3.63) is 34.1 Å². The van der Waals surface area contributed by atoms with E-state index in [9.17, 15) is 17.6 Å². The summed E-state index contributed by atoms with van der Waals surface area (Å²) in [6, 6.07) is 0.315. The predicted molar refractivity (Wildman–Crippen MR) is 55.1 cm³/mol. The minimum atomic E-state index is -4.93. The standard InChI is InChI=1S/C10H10ClF4NO/c1-4-2-3-5(12)6(7(4)11)8(16)9(17)10(13,14)15/h2-3,8-9,17H,16H2,1H3/t8-,9-/m0/s1. The van der Waals surface area contributed by atoms with Gasteiger partial charge in [0.25, 0.3) is 0 Å². The molecule has 0 fully saturated rings. The first-order valence-corrected chi connectivity index (χ1v) is 4.99. The third kappa shape index (κ3) is 2.88. The Labute approximate surface area is 100.0 Å². The van der Waals surface area contributed by atoms with Gasteiger partial charge in [-0.25, -0.2) is 4.39 Å². The molecule has 0 saturated heterocycles. The lowest BCUT2D eigenvalue weighted by molar-refractivity contribution is -0.210. The average Bonchev–Trinajstić information content (AvgIpc) is 2.21. The maximum absolute atomic E-state index is 13.4. The summed E-state index contributed by atoms with van der Waals surface area (Å²) in [5.41, 5.74) is 5.05. The first-order valence-electron chi connectivity index (χ1n) is 4.61. The van der Waals surface area contributed by atoms with Crippen molar-refractivity contribution in [1.29, 1.82) is 0 Å². The molecule has 0 aliphatic rings. The molecule has 0 radical (unpaired) electrons. The van der Waals surface area contributed by atoms with Gasteiger partial charge in [-0.15, -0.1) is 0 Å². The van der Waals surface area contributed by atoms with Gasteiger partial charge in [0.1, 0.15) is 5.82 Å². The first kappa shape index (κ1) is 14.2. The van der Waals surface area contributed by atoms with E-state index in [0.717, 1.165) is 6.07 Å². The Hall–Kier alpha value is -0.850. The Bertz CT molecular complexity index is 422. The molecule has 0 heterocycles. The van der Waals surface area contributed by atoms with E-state index in [1.807, 2.05) is 0 Å². The monoisotopic (exact) mass is 271 g/mol. The zero-order chi connectivity index (χ0) is 13.4. The SMILES string of the molecule is Cc1ccc(F)c([C@H](N)[C@H](O)C(F)(F)F)c1Cl. The number of hydrogen-bond acceptors (Lipinski definition) is 2. The number of aliphatic hydroxyl groups is 1. The Kier molecular flexibility index (Phi) is 4.01. The normalized spacial score (nSPS) is 15.8. The molecule has 1 aromatic rings. The summed E-state index contributed by atoms with van der Waals surface area (Å²) in [5, 5.41) is 8.76. The van der Waals surface area contributed by atoms with E-state index < -0.39 is 29.7 Å². The predicted octanol–water partition coefficient (Wildman–Crippen LogP) is 2.71. The van der Waals surface area contributed by atoms with Gasteiger partial charge in [0, 0.05) is 5.56 Å². The highest BCUT2D eigenvalue weighted by Crippen LogP contribution is 2.34. The van der Waals surface area contributed by atoms with Crippen molar-refractivity contribution in [2.24, 2.45) is 5.73 Å². The fraction of sp³-hybridized carbons (Fsp3) is 0.400. The third-order valence-electron chi connectivity index (χ3n) is 2.33. The Morgan fingerprint density at radius 3 is 2.35 bits per heavy atom. The van der Waals surface area contributed by atoms with E-state index in [1.54, 1.807) is 0 Å². The molecule has 0 unspecified atom stereocenters. The number of hydrogen-bond donors (Lipinski definition) is 2. The number of benzene rings is 1. The smallest absolute Gasteiger partial charge is 0.382 e. The molecule has 0 saturated carbocycles. The molecule has 2 nitrogen and oxygen atoms in total. The number of aryl methyl sites for hydroxylation is 1. The van der Waals surface area contributed by atoms with Crippen molar-refractivity contribution in [1.82, 2.24) is 0 Å². The largest absolute Gasteiger partial charge is 0.416 e. The summed E-state index contributed by atoms with van der Waals surface area (Å²) < 4.78 is 50.1. The van der Waals surface area contributed by atoms with Gasteiger partial charge in [0.2, 0.25) is 0 Å². The zero-order valence-corrected chi connectivity index (χ0v) is 9.48. The summed E-state index contributed by atoms with van der Waals surface area (Å²) in [6.45, 7) is 1.50. The molecular formula is C10H10ClF4NO. The van der Waals surface area contributed by atoms with Crippen molar-refractivity contribution in [3.63, 3.8) is 0 Å². The van der Waals surface area contributed by atoms with Crippen LogP contribution in [0.3, 0.4) is 0 Å². The summed E-state index contributed by atoms with van der Waals surface area (Å²) in [6.07, 6.45) is -7.80. The van der Waals surface area contributed by atoms with Crippen LogP contribution in [0.4, 0.5) is 17.6 Å². The molecule has 1 aromatic carbocycles. The van der Waals surface area contributed by atoms with Crippen LogP contribution in [-0.4, -0.2) is 17.4 Å². The van der Waals surface area contributed by atoms with Crippen molar-refractivity contribution < 1.29 is 22.7 Å². The van der Waals surface area contributed by atoms with Crippen LogP contribution in [0, 0.1) is 12.7 Å². The molecule has 3 N–H and O–H groups in total. The topological polar surface area (TPSA) is 46.2 Å². The van der Waals surface area contributed by atoms with Crippen molar-refractivity contribution >= 4 is 11.6 Å². The van der Waals surface area contributed by atoms with E-state index in [2.05, 4.69) is 0 Å². The fourth-order valence-corrected chi connectivity index (χ4v) is 1.62. The lowest BCUT2D eigenvalue weighted by Crippen LogP contribution is -2.39. The molecule has 2 atom stereocenters. The molecule has 0 aromatic heterocycles. The Morgan fingerprint density at radius 1 is 1.35 bits per heavy atom. The minimum absolute atomic E-state index is 0.208. The number of aliphatic hydroxyl groups excluding tert-OH is 1. The van der Waals surface area contributed by atoms with E-state index in [4.69, 9.17) is 22.4 Å². The van der Waals surface area contributed by atoms with Gasteiger partial charge in [-0.1, -0.05) is 17.7 Å². The lowest BCUT2D eigenvalue weighted by atomic mass is 9.99. The highest BCUT2D eigenvalue weighted by molar-refractivity contribution is 6.32. The van der Waals surface area contributed by atoms with Crippen LogP contribution < -0.4 is 5.73 Å². The summed E-state index contributed by atoms with van der Waals surface area (Å²) in [4.78, 5) is 0. The maximum atomic E-state index is 13.4. The van der Waals surface area contributed by atoms with Crippen LogP contribution in [0.5, 0.6) is 0 Å². The Morgan fingerprint density at radius 2 is 1.88 bits per heavy atom. The van der Waals surface area contributed by atoms with Crippen LogP contribution >= 0.6 is 11.6 Å². The zero-order valence-electron chi connectivity index (χ0n) is 8.72. The quantitative estimate of drug-likeness (QED) is 0.813. The molecule has 0 aliphatic heterocycles. The Balaban J connectivity index is 3.21.